The molecule has 0 saturated heterocycles. The molecule has 4 nitrogen and oxygen atoms in total. The lowest BCUT2D eigenvalue weighted by atomic mass is 9.88. The van der Waals surface area contributed by atoms with Crippen LogP contribution in [-0.4, -0.2) is 27.2 Å². The maximum absolute atomic E-state index is 12.6. The van der Waals surface area contributed by atoms with Gasteiger partial charge < -0.3 is 5.32 Å². The highest BCUT2D eigenvalue weighted by Crippen LogP contribution is 2.27. The van der Waals surface area contributed by atoms with Gasteiger partial charge in [0.05, 0.1) is 11.3 Å². The van der Waals surface area contributed by atoms with E-state index in [2.05, 4.69) is 17.0 Å². The van der Waals surface area contributed by atoms with Crippen LogP contribution < -0.4 is 10.0 Å². The van der Waals surface area contributed by atoms with Crippen LogP contribution in [0.1, 0.15) is 36.5 Å². The van der Waals surface area contributed by atoms with Crippen molar-refractivity contribution in [3.05, 3.63) is 59.2 Å². The number of hydrogen-bond acceptors (Lipinski definition) is 3. The summed E-state index contributed by atoms with van der Waals surface area (Å²) >= 11 is 0. The molecule has 2 aromatic rings. The largest absolute Gasteiger partial charge is 0.393 e. The van der Waals surface area contributed by atoms with Crippen LogP contribution in [-0.2, 0) is 29.3 Å². The van der Waals surface area contributed by atoms with Crippen LogP contribution in [0.25, 0.3) is 0 Å². The van der Waals surface area contributed by atoms with Crippen LogP contribution in [0, 0.1) is 0 Å². The standard InChI is InChI=1S/C21H25F3N2O2S/c1-2-11-25-18-7-5-17-13-19(8-6-16(17)12-18)26-29(27,28)20-9-3-15(4-10-20)14-21(22,23)24/h3-4,6,8-10,13,18,25-26H,2,5,7,11-12,14H2,1H3/t18-/m0/s1. The van der Waals surface area contributed by atoms with E-state index < -0.39 is 22.6 Å². The minimum Gasteiger partial charge on any atom is -0.314 e. The lowest BCUT2D eigenvalue weighted by molar-refractivity contribution is -0.127. The Morgan fingerprint density at radius 3 is 2.45 bits per heavy atom. The number of hydrogen-bond donors (Lipinski definition) is 2. The van der Waals surface area contributed by atoms with E-state index in [1.54, 1.807) is 6.07 Å². The molecule has 8 heteroatoms. The van der Waals surface area contributed by atoms with Crippen molar-refractivity contribution >= 4 is 15.7 Å². The van der Waals surface area contributed by atoms with Gasteiger partial charge in [0, 0.05) is 11.7 Å². The van der Waals surface area contributed by atoms with Crippen molar-refractivity contribution in [3.63, 3.8) is 0 Å². The molecule has 0 aliphatic heterocycles. The summed E-state index contributed by atoms with van der Waals surface area (Å²) in [6.07, 6.45) is -1.53. The number of alkyl halides is 3. The fourth-order valence-electron chi connectivity index (χ4n) is 3.57. The molecule has 0 bridgehead atoms. The average molecular weight is 427 g/mol. The van der Waals surface area contributed by atoms with Crippen LogP contribution in [0.4, 0.5) is 18.9 Å². The molecule has 29 heavy (non-hydrogen) atoms. The van der Waals surface area contributed by atoms with E-state index in [-0.39, 0.29) is 10.5 Å². The second-order valence-electron chi connectivity index (χ2n) is 7.42. The van der Waals surface area contributed by atoms with E-state index in [0.29, 0.717) is 11.7 Å². The van der Waals surface area contributed by atoms with Crippen molar-refractivity contribution < 1.29 is 21.6 Å². The summed E-state index contributed by atoms with van der Waals surface area (Å²) < 4.78 is 65.1. The Morgan fingerprint density at radius 1 is 1.07 bits per heavy atom. The van der Waals surface area contributed by atoms with Crippen LogP contribution >= 0.6 is 0 Å². The lowest BCUT2D eigenvalue weighted by Crippen LogP contribution is -2.35. The zero-order valence-electron chi connectivity index (χ0n) is 16.2. The lowest BCUT2D eigenvalue weighted by Gasteiger charge is -2.26. The number of nitrogens with one attached hydrogen (secondary N) is 2. The molecule has 158 valence electrons. The van der Waals surface area contributed by atoms with Crippen LogP contribution in [0.2, 0.25) is 0 Å². The highest BCUT2D eigenvalue weighted by atomic mass is 32.2. The highest BCUT2D eigenvalue weighted by molar-refractivity contribution is 7.92. The number of fused-ring (bicyclic) bond motifs is 1. The van der Waals surface area contributed by atoms with Gasteiger partial charge in [0.1, 0.15) is 0 Å². The number of benzene rings is 2. The van der Waals surface area contributed by atoms with Gasteiger partial charge in [-0.25, -0.2) is 8.42 Å². The summed E-state index contributed by atoms with van der Waals surface area (Å²) in [4.78, 5) is -0.0648. The van der Waals surface area contributed by atoms with Crippen molar-refractivity contribution in [2.75, 3.05) is 11.3 Å². The molecule has 2 N–H and O–H groups in total. The van der Waals surface area contributed by atoms with E-state index in [1.165, 1.54) is 29.8 Å². The molecule has 1 atom stereocenters. The highest BCUT2D eigenvalue weighted by Gasteiger charge is 2.27. The Bertz CT molecular complexity index is 941. The van der Waals surface area contributed by atoms with Crippen molar-refractivity contribution in [2.24, 2.45) is 0 Å². The minimum absolute atomic E-state index is 0.0245. The predicted molar refractivity (Wildman–Crippen MR) is 108 cm³/mol. The van der Waals surface area contributed by atoms with Gasteiger partial charge in [-0.1, -0.05) is 25.1 Å². The summed E-state index contributed by atoms with van der Waals surface area (Å²) in [5.41, 5.74) is 2.82. The number of sulfonamides is 1. The number of halogens is 3. The van der Waals surface area contributed by atoms with Gasteiger partial charge in [-0.2, -0.15) is 13.2 Å². The van der Waals surface area contributed by atoms with Gasteiger partial charge in [-0.15, -0.1) is 0 Å². The summed E-state index contributed by atoms with van der Waals surface area (Å²) in [7, 11) is -3.87. The second kappa shape index (κ2) is 8.75. The van der Waals surface area contributed by atoms with Crippen molar-refractivity contribution in [2.45, 2.75) is 56.1 Å². The quantitative estimate of drug-likeness (QED) is 0.688. The summed E-state index contributed by atoms with van der Waals surface area (Å²) in [5, 5.41) is 3.52. The normalized spacial score (nSPS) is 17.0. The summed E-state index contributed by atoms with van der Waals surface area (Å²) in [6.45, 7) is 3.12. The molecule has 0 saturated carbocycles. The third-order valence-electron chi connectivity index (χ3n) is 5.01. The summed E-state index contributed by atoms with van der Waals surface area (Å²) in [5.74, 6) is 0. The van der Waals surface area contributed by atoms with Gasteiger partial charge >= 0.3 is 6.18 Å². The molecule has 0 fully saturated rings. The monoisotopic (exact) mass is 426 g/mol. The maximum atomic E-state index is 12.6. The first kappa shape index (κ1) is 21.6. The Hall–Kier alpha value is -2.06. The molecule has 0 spiro atoms. The fraction of sp³-hybridized carbons (Fsp3) is 0.429. The van der Waals surface area contributed by atoms with Gasteiger partial charge in [-0.05, 0) is 73.2 Å². The smallest absolute Gasteiger partial charge is 0.314 e. The Labute approximate surface area is 169 Å². The van der Waals surface area contributed by atoms with Crippen molar-refractivity contribution in [1.29, 1.82) is 0 Å². The molecule has 3 rings (SSSR count). The first-order valence-electron chi connectivity index (χ1n) is 9.70. The van der Waals surface area contributed by atoms with Gasteiger partial charge in [-0.3, -0.25) is 4.72 Å². The van der Waals surface area contributed by atoms with E-state index in [9.17, 15) is 21.6 Å². The SMILES string of the molecule is CCCN[C@H]1CCc2cc(NS(=O)(=O)c3ccc(CC(F)(F)F)cc3)ccc2C1. The molecular formula is C21H25F3N2O2S. The van der Waals surface area contributed by atoms with Gasteiger partial charge in [0.15, 0.2) is 0 Å². The van der Waals surface area contributed by atoms with Crippen molar-refractivity contribution in [1.82, 2.24) is 5.32 Å². The van der Waals surface area contributed by atoms with Gasteiger partial charge in [0.25, 0.3) is 10.0 Å². The molecule has 1 aliphatic carbocycles. The zero-order chi connectivity index (χ0) is 21.1. The Morgan fingerprint density at radius 2 is 1.79 bits per heavy atom. The Balaban J connectivity index is 1.69. The molecule has 0 aromatic heterocycles. The molecule has 2 aromatic carbocycles. The molecule has 0 radical (unpaired) electrons. The fourth-order valence-corrected chi connectivity index (χ4v) is 4.62. The zero-order valence-corrected chi connectivity index (χ0v) is 17.0. The summed E-state index contributed by atoms with van der Waals surface area (Å²) in [6, 6.07) is 10.8. The van der Waals surface area contributed by atoms with E-state index >= 15 is 0 Å². The van der Waals surface area contributed by atoms with Crippen molar-refractivity contribution in [3.8, 4) is 0 Å². The first-order chi connectivity index (χ1) is 13.7. The topological polar surface area (TPSA) is 58.2 Å². The third kappa shape index (κ3) is 5.96. The molecule has 1 aliphatic rings. The van der Waals surface area contributed by atoms with Gasteiger partial charge in [0.2, 0.25) is 0 Å². The number of anilines is 1. The van der Waals surface area contributed by atoms with E-state index in [4.69, 9.17) is 0 Å². The molecule has 0 heterocycles. The first-order valence-corrected chi connectivity index (χ1v) is 11.2. The van der Waals surface area contributed by atoms with E-state index in [0.717, 1.165) is 37.8 Å². The predicted octanol–water partition coefficient (Wildman–Crippen LogP) is 4.45. The van der Waals surface area contributed by atoms with E-state index in [1.807, 2.05) is 12.1 Å². The van der Waals surface area contributed by atoms with Crippen LogP contribution in [0.3, 0.4) is 0 Å². The number of aryl methyl sites for hydroxylation is 1. The Kier molecular flexibility index (Phi) is 6.53. The minimum atomic E-state index is -4.33. The molecule has 0 unspecified atom stereocenters. The average Bonchev–Trinajstić information content (AvgIpc) is 2.65. The van der Waals surface area contributed by atoms with Crippen LogP contribution in [0.15, 0.2) is 47.4 Å². The number of rotatable bonds is 7. The maximum Gasteiger partial charge on any atom is 0.393 e. The molecule has 0 amide bonds. The second-order valence-corrected chi connectivity index (χ2v) is 9.10. The molecular weight excluding hydrogens is 401 g/mol. The third-order valence-corrected chi connectivity index (χ3v) is 6.41. The van der Waals surface area contributed by atoms with Crippen LogP contribution in [0.5, 0.6) is 0 Å².